The molecule has 4 rings (SSSR count). The molecule has 1 aromatic carbocycles. The van der Waals surface area contributed by atoms with Crippen molar-refractivity contribution in [2.75, 3.05) is 32.7 Å². The summed E-state index contributed by atoms with van der Waals surface area (Å²) in [4.78, 5) is 21.2. The van der Waals surface area contributed by atoms with Gasteiger partial charge in [-0.1, -0.05) is 38.2 Å². The number of ether oxygens (including phenoxy) is 1. The predicted octanol–water partition coefficient (Wildman–Crippen LogP) is 5.72. The van der Waals surface area contributed by atoms with Crippen LogP contribution in [0.2, 0.25) is 0 Å². The summed E-state index contributed by atoms with van der Waals surface area (Å²) in [5.74, 6) is 1.02. The highest BCUT2D eigenvalue weighted by molar-refractivity contribution is 8.01. The van der Waals surface area contributed by atoms with Crippen LogP contribution in [0.5, 0.6) is 10.8 Å². The number of carbonyl (C=O) groups is 1. The van der Waals surface area contributed by atoms with E-state index in [1.807, 2.05) is 11.8 Å². The fraction of sp³-hybridized carbons (Fsp3) is 0.520. The zero-order valence-electron chi connectivity index (χ0n) is 20.1. The Hall–Kier alpha value is -2.03. The van der Waals surface area contributed by atoms with Crippen molar-refractivity contribution in [1.29, 1.82) is 0 Å². The lowest BCUT2D eigenvalue weighted by Gasteiger charge is -2.38. The summed E-state index contributed by atoms with van der Waals surface area (Å²) in [5.41, 5.74) is 2.39. The van der Waals surface area contributed by atoms with Crippen molar-refractivity contribution < 1.29 is 14.6 Å². The summed E-state index contributed by atoms with van der Waals surface area (Å²) in [6.45, 7) is 13.9. The van der Waals surface area contributed by atoms with E-state index in [4.69, 9.17) is 9.73 Å². The zero-order chi connectivity index (χ0) is 23.8. The van der Waals surface area contributed by atoms with Crippen LogP contribution in [-0.4, -0.2) is 64.7 Å². The average molecular weight is 488 g/mol. The van der Waals surface area contributed by atoms with Crippen LogP contribution >= 0.6 is 23.1 Å². The minimum atomic E-state index is -0.755. The van der Waals surface area contributed by atoms with E-state index in [9.17, 15) is 9.90 Å². The van der Waals surface area contributed by atoms with E-state index in [0.29, 0.717) is 11.8 Å². The van der Waals surface area contributed by atoms with Gasteiger partial charge in [0.15, 0.2) is 10.8 Å². The van der Waals surface area contributed by atoms with Crippen molar-refractivity contribution >= 4 is 40.6 Å². The normalized spacial score (nSPS) is 16.7. The largest absolute Gasteiger partial charge is 0.481 e. The number of hydrogen-bond donors (Lipinski definition) is 1. The van der Waals surface area contributed by atoms with E-state index < -0.39 is 11.4 Å². The highest BCUT2D eigenvalue weighted by atomic mass is 32.2. The van der Waals surface area contributed by atoms with Gasteiger partial charge in [0.2, 0.25) is 0 Å². The topological polar surface area (TPSA) is 65.4 Å². The van der Waals surface area contributed by atoms with Gasteiger partial charge in [0.05, 0.1) is 15.2 Å². The molecule has 1 fully saturated rings. The van der Waals surface area contributed by atoms with Crippen LogP contribution in [0.15, 0.2) is 33.5 Å². The Morgan fingerprint density at radius 3 is 2.61 bits per heavy atom. The minimum Gasteiger partial charge on any atom is -0.481 e. The third-order valence-electron chi connectivity index (χ3n) is 6.00. The molecule has 8 heteroatoms. The molecule has 2 aliphatic heterocycles. The SMILES string of the molecule is CCc1ccc2c(c1)Oc1sc(SC(C)C)cc1C(N1CCN(CC(C)(C)C(=O)O)CC1)=N2. The molecule has 2 aromatic rings. The molecule has 33 heavy (non-hydrogen) atoms. The van der Waals surface area contributed by atoms with Gasteiger partial charge in [-0.3, -0.25) is 9.69 Å². The molecule has 0 atom stereocenters. The first-order chi connectivity index (χ1) is 15.7. The number of fused-ring (bicyclic) bond motifs is 2. The van der Waals surface area contributed by atoms with Crippen LogP contribution in [0, 0.1) is 5.41 Å². The maximum absolute atomic E-state index is 11.6. The first-order valence-corrected chi connectivity index (χ1v) is 13.3. The molecule has 0 aliphatic carbocycles. The minimum absolute atomic E-state index is 0.493. The van der Waals surface area contributed by atoms with Gasteiger partial charge in [-0.2, -0.15) is 0 Å². The average Bonchev–Trinajstić information content (AvgIpc) is 3.07. The van der Waals surface area contributed by atoms with Crippen LogP contribution in [-0.2, 0) is 11.2 Å². The summed E-state index contributed by atoms with van der Waals surface area (Å²) in [6, 6.07) is 8.50. The Morgan fingerprint density at radius 2 is 1.97 bits per heavy atom. The summed E-state index contributed by atoms with van der Waals surface area (Å²) in [5, 5.41) is 10.9. The summed E-state index contributed by atoms with van der Waals surface area (Å²) in [7, 11) is 0. The molecular weight excluding hydrogens is 454 g/mol. The monoisotopic (exact) mass is 487 g/mol. The Labute approximate surface area is 204 Å². The molecule has 0 amide bonds. The second-order valence-electron chi connectivity index (χ2n) is 9.58. The van der Waals surface area contributed by atoms with Crippen molar-refractivity contribution in [1.82, 2.24) is 9.80 Å². The molecule has 3 heterocycles. The number of carboxylic acid groups (broad SMARTS) is 1. The quantitative estimate of drug-likeness (QED) is 0.526. The molecule has 2 aliphatic rings. The molecule has 0 radical (unpaired) electrons. The Balaban J connectivity index is 1.62. The fourth-order valence-electron chi connectivity index (χ4n) is 4.09. The van der Waals surface area contributed by atoms with Gasteiger partial charge in [-0.05, 0) is 44.0 Å². The second kappa shape index (κ2) is 9.68. The highest BCUT2D eigenvalue weighted by Crippen LogP contribution is 2.46. The number of thioether (sulfide) groups is 1. The van der Waals surface area contributed by atoms with Gasteiger partial charge in [-0.15, -0.1) is 11.8 Å². The number of amidine groups is 1. The number of aliphatic imine (C=N–C) groups is 1. The van der Waals surface area contributed by atoms with Crippen LogP contribution in [0.4, 0.5) is 5.69 Å². The van der Waals surface area contributed by atoms with E-state index in [1.54, 1.807) is 25.2 Å². The third-order valence-corrected chi connectivity index (χ3v) is 8.17. The second-order valence-corrected chi connectivity index (χ2v) is 12.5. The Bertz CT molecular complexity index is 1050. The number of thiophene rings is 1. The van der Waals surface area contributed by atoms with Crippen molar-refractivity contribution in [2.24, 2.45) is 10.4 Å². The van der Waals surface area contributed by atoms with Crippen molar-refractivity contribution in [3.63, 3.8) is 0 Å². The van der Waals surface area contributed by atoms with E-state index in [0.717, 1.165) is 60.5 Å². The maximum Gasteiger partial charge on any atom is 0.310 e. The van der Waals surface area contributed by atoms with Crippen LogP contribution in [0.3, 0.4) is 0 Å². The van der Waals surface area contributed by atoms with Crippen molar-refractivity contribution in [3.05, 3.63) is 35.4 Å². The van der Waals surface area contributed by atoms with Crippen LogP contribution in [0.1, 0.15) is 45.7 Å². The van der Waals surface area contributed by atoms with Gasteiger partial charge in [-0.25, -0.2) is 4.99 Å². The molecule has 1 N–H and O–H groups in total. The summed E-state index contributed by atoms with van der Waals surface area (Å²) in [6.07, 6.45) is 0.952. The zero-order valence-corrected chi connectivity index (χ0v) is 21.7. The molecule has 178 valence electrons. The van der Waals surface area contributed by atoms with Gasteiger partial charge in [0, 0.05) is 38.0 Å². The molecule has 0 bridgehead atoms. The Kier molecular flexibility index (Phi) is 7.07. The number of piperazine rings is 1. The summed E-state index contributed by atoms with van der Waals surface area (Å²) >= 11 is 3.54. The first-order valence-electron chi connectivity index (χ1n) is 11.6. The molecule has 0 saturated carbocycles. The lowest BCUT2D eigenvalue weighted by molar-refractivity contribution is -0.148. The van der Waals surface area contributed by atoms with Crippen molar-refractivity contribution in [3.8, 4) is 10.8 Å². The molecule has 1 aromatic heterocycles. The smallest absolute Gasteiger partial charge is 0.310 e. The van der Waals surface area contributed by atoms with Gasteiger partial charge < -0.3 is 14.7 Å². The Morgan fingerprint density at radius 1 is 1.24 bits per heavy atom. The van der Waals surface area contributed by atoms with E-state index in [2.05, 4.69) is 54.8 Å². The van der Waals surface area contributed by atoms with E-state index in [1.165, 1.54) is 9.77 Å². The number of benzene rings is 1. The lowest BCUT2D eigenvalue weighted by Crippen LogP contribution is -2.51. The number of aryl methyl sites for hydroxylation is 1. The van der Waals surface area contributed by atoms with Gasteiger partial charge in [0.1, 0.15) is 11.5 Å². The van der Waals surface area contributed by atoms with E-state index >= 15 is 0 Å². The van der Waals surface area contributed by atoms with Crippen molar-refractivity contribution in [2.45, 2.75) is 50.5 Å². The highest BCUT2D eigenvalue weighted by Gasteiger charge is 2.33. The lowest BCUT2D eigenvalue weighted by atomic mass is 9.93. The molecule has 1 saturated heterocycles. The third kappa shape index (κ3) is 5.39. The van der Waals surface area contributed by atoms with Gasteiger partial charge >= 0.3 is 5.97 Å². The van der Waals surface area contributed by atoms with Crippen LogP contribution < -0.4 is 4.74 Å². The van der Waals surface area contributed by atoms with E-state index in [-0.39, 0.29) is 0 Å². The fourth-order valence-corrected chi connectivity index (χ4v) is 6.49. The molecule has 0 unspecified atom stereocenters. The molecule has 6 nitrogen and oxygen atoms in total. The number of nitrogens with zero attached hydrogens (tertiary/aromatic N) is 3. The number of carboxylic acids is 1. The standard InChI is InChI=1S/C25H33N3O3S2/c1-6-17-7-8-19-20(13-17)31-23-18(14-21(33-23)32-16(2)3)22(26-19)28-11-9-27(10-12-28)15-25(4,5)24(29)30/h7-8,13-14,16H,6,9-12,15H2,1-5H3,(H,29,30). The number of hydrogen-bond acceptors (Lipinski definition) is 7. The number of rotatable bonds is 6. The first kappa shape index (κ1) is 24.1. The maximum atomic E-state index is 11.6. The predicted molar refractivity (Wildman–Crippen MR) is 137 cm³/mol. The summed E-state index contributed by atoms with van der Waals surface area (Å²) < 4.78 is 7.67. The molecule has 0 spiro atoms. The van der Waals surface area contributed by atoms with Crippen LogP contribution in [0.25, 0.3) is 0 Å². The molecular formula is C25H33N3O3S2. The number of aliphatic carboxylic acids is 1. The van der Waals surface area contributed by atoms with Gasteiger partial charge in [0.25, 0.3) is 0 Å².